The van der Waals surface area contributed by atoms with E-state index in [-0.39, 0.29) is 29.7 Å². The van der Waals surface area contributed by atoms with Gasteiger partial charge in [0.15, 0.2) is 0 Å². The van der Waals surface area contributed by atoms with Crippen LogP contribution in [0.2, 0.25) is 5.02 Å². The fourth-order valence-corrected chi connectivity index (χ4v) is 1.83. The second kappa shape index (κ2) is 4.63. The summed E-state index contributed by atoms with van der Waals surface area (Å²) in [5.74, 6) is -0.677. The molecule has 1 atom stereocenters. The highest BCUT2D eigenvalue weighted by atomic mass is 35.5. The topological polar surface area (TPSA) is 78.4 Å². The summed E-state index contributed by atoms with van der Waals surface area (Å²) in [6, 6.07) is 4.03. The molecule has 0 saturated carbocycles. The number of amides is 2. The van der Waals surface area contributed by atoms with Gasteiger partial charge in [0.1, 0.15) is 5.75 Å². The van der Waals surface area contributed by atoms with Crippen LogP contribution in [0.25, 0.3) is 0 Å². The highest BCUT2D eigenvalue weighted by Gasteiger charge is 2.24. The van der Waals surface area contributed by atoms with Gasteiger partial charge >= 0.3 is 0 Å². The summed E-state index contributed by atoms with van der Waals surface area (Å²) in [5, 5.41) is 15.2. The molecule has 0 bridgehead atoms. The van der Waals surface area contributed by atoms with Crippen LogP contribution < -0.4 is 10.6 Å². The summed E-state index contributed by atoms with van der Waals surface area (Å²) in [7, 11) is 0. The number of aromatic hydroxyl groups is 1. The zero-order valence-corrected chi connectivity index (χ0v) is 9.62. The molecule has 0 radical (unpaired) electrons. The van der Waals surface area contributed by atoms with E-state index < -0.39 is 5.91 Å². The maximum absolute atomic E-state index is 11.8. The Morgan fingerprint density at radius 1 is 1.53 bits per heavy atom. The summed E-state index contributed by atoms with van der Waals surface area (Å²) in [6.07, 6.45) is 0.264. The highest BCUT2D eigenvalue weighted by molar-refractivity contribution is 6.30. The fourth-order valence-electron chi connectivity index (χ4n) is 1.67. The molecule has 2 amide bonds. The Balaban J connectivity index is 2.07. The van der Waals surface area contributed by atoms with E-state index in [1.807, 2.05) is 0 Å². The number of carbonyl (C=O) groups is 2. The minimum atomic E-state index is -0.416. The molecular formula is C11H11ClN2O3. The van der Waals surface area contributed by atoms with Crippen LogP contribution in [-0.2, 0) is 4.79 Å². The molecule has 1 aromatic carbocycles. The number of hydrogen-bond acceptors (Lipinski definition) is 3. The molecule has 6 heteroatoms. The van der Waals surface area contributed by atoms with Gasteiger partial charge in [-0.25, -0.2) is 0 Å². The number of hydrogen-bond donors (Lipinski definition) is 3. The van der Waals surface area contributed by atoms with Crippen molar-refractivity contribution >= 4 is 23.4 Å². The molecule has 1 fully saturated rings. The number of carbonyl (C=O) groups excluding carboxylic acids is 2. The van der Waals surface area contributed by atoms with Crippen LogP contribution in [0.1, 0.15) is 16.8 Å². The van der Waals surface area contributed by atoms with Gasteiger partial charge in [0.2, 0.25) is 5.91 Å². The van der Waals surface area contributed by atoms with Crippen LogP contribution in [0, 0.1) is 0 Å². The number of nitrogens with one attached hydrogen (secondary N) is 2. The highest BCUT2D eigenvalue weighted by Crippen LogP contribution is 2.21. The summed E-state index contributed by atoms with van der Waals surface area (Å²) in [4.78, 5) is 22.7. The monoisotopic (exact) mass is 254 g/mol. The third-order valence-corrected chi connectivity index (χ3v) is 2.75. The van der Waals surface area contributed by atoms with Crippen molar-refractivity contribution in [3.8, 4) is 5.75 Å². The normalized spacial score (nSPS) is 18.9. The van der Waals surface area contributed by atoms with Gasteiger partial charge in [0.05, 0.1) is 11.6 Å². The van der Waals surface area contributed by atoms with Crippen LogP contribution in [0.15, 0.2) is 18.2 Å². The third-order valence-electron chi connectivity index (χ3n) is 2.52. The molecule has 1 heterocycles. The fraction of sp³-hybridized carbons (Fsp3) is 0.273. The Labute approximate surface area is 103 Å². The summed E-state index contributed by atoms with van der Waals surface area (Å²) >= 11 is 5.66. The van der Waals surface area contributed by atoms with E-state index in [4.69, 9.17) is 11.6 Å². The minimum absolute atomic E-state index is 0.0874. The van der Waals surface area contributed by atoms with E-state index >= 15 is 0 Å². The number of halogens is 1. The SMILES string of the molecule is O=C1CC(NC(=O)c2ccc(Cl)cc2O)CN1. The third kappa shape index (κ3) is 2.68. The van der Waals surface area contributed by atoms with Crippen molar-refractivity contribution < 1.29 is 14.7 Å². The van der Waals surface area contributed by atoms with Gasteiger partial charge in [-0.3, -0.25) is 9.59 Å². The molecule has 2 rings (SSSR count). The van der Waals surface area contributed by atoms with Crippen molar-refractivity contribution in [2.75, 3.05) is 6.54 Å². The molecule has 5 nitrogen and oxygen atoms in total. The van der Waals surface area contributed by atoms with Crippen LogP contribution in [0.4, 0.5) is 0 Å². The van der Waals surface area contributed by atoms with Crippen LogP contribution in [-0.4, -0.2) is 29.5 Å². The van der Waals surface area contributed by atoms with Crippen molar-refractivity contribution in [3.05, 3.63) is 28.8 Å². The van der Waals surface area contributed by atoms with Crippen LogP contribution in [0.3, 0.4) is 0 Å². The molecule has 1 saturated heterocycles. The van der Waals surface area contributed by atoms with Gasteiger partial charge in [-0.15, -0.1) is 0 Å². The second-order valence-corrected chi connectivity index (χ2v) is 4.28. The summed E-state index contributed by atoms with van der Waals surface area (Å²) in [6.45, 7) is 0.416. The maximum atomic E-state index is 11.8. The van der Waals surface area contributed by atoms with E-state index in [0.717, 1.165) is 0 Å². The first kappa shape index (κ1) is 11.7. The first-order valence-electron chi connectivity index (χ1n) is 5.12. The molecule has 1 aliphatic heterocycles. The van der Waals surface area contributed by atoms with E-state index in [9.17, 15) is 14.7 Å². The Morgan fingerprint density at radius 2 is 2.29 bits per heavy atom. The summed E-state index contributed by atoms with van der Waals surface area (Å²) < 4.78 is 0. The average Bonchev–Trinajstić information content (AvgIpc) is 2.63. The number of phenolic OH excluding ortho intramolecular Hbond substituents is 1. The quantitative estimate of drug-likeness (QED) is 0.726. The van der Waals surface area contributed by atoms with E-state index in [2.05, 4.69) is 10.6 Å². The predicted octanol–water partition coefficient (Wildman–Crippen LogP) is 0.664. The van der Waals surface area contributed by atoms with E-state index in [1.165, 1.54) is 18.2 Å². The lowest BCUT2D eigenvalue weighted by Gasteiger charge is -2.11. The first-order chi connectivity index (χ1) is 8.06. The van der Waals surface area contributed by atoms with Crippen molar-refractivity contribution in [2.24, 2.45) is 0 Å². The molecule has 1 unspecified atom stereocenters. The molecule has 90 valence electrons. The van der Waals surface area contributed by atoms with Gasteiger partial charge in [-0.05, 0) is 18.2 Å². The number of benzene rings is 1. The lowest BCUT2D eigenvalue weighted by atomic mass is 10.1. The standard InChI is InChI=1S/C11H11ClN2O3/c12-6-1-2-8(9(15)3-6)11(17)14-7-4-10(16)13-5-7/h1-3,7,15H,4-5H2,(H,13,16)(H,14,17). The second-order valence-electron chi connectivity index (χ2n) is 3.84. The molecule has 1 aliphatic rings. The molecule has 0 aliphatic carbocycles. The van der Waals surface area contributed by atoms with Gasteiger partial charge in [-0.2, -0.15) is 0 Å². The Hall–Kier alpha value is -1.75. The van der Waals surface area contributed by atoms with Gasteiger partial charge < -0.3 is 15.7 Å². The van der Waals surface area contributed by atoms with Crippen LogP contribution >= 0.6 is 11.6 Å². The first-order valence-corrected chi connectivity index (χ1v) is 5.50. The maximum Gasteiger partial charge on any atom is 0.255 e. The minimum Gasteiger partial charge on any atom is -0.507 e. The molecule has 3 N–H and O–H groups in total. The van der Waals surface area contributed by atoms with Crippen molar-refractivity contribution in [3.63, 3.8) is 0 Å². The zero-order valence-electron chi connectivity index (χ0n) is 8.87. The van der Waals surface area contributed by atoms with Gasteiger partial charge in [-0.1, -0.05) is 11.6 Å². The summed E-state index contributed by atoms with van der Waals surface area (Å²) in [5.41, 5.74) is 0.147. The molecular weight excluding hydrogens is 244 g/mol. The van der Waals surface area contributed by atoms with Crippen molar-refractivity contribution in [1.29, 1.82) is 0 Å². The van der Waals surface area contributed by atoms with E-state index in [0.29, 0.717) is 11.6 Å². The zero-order chi connectivity index (χ0) is 12.4. The number of phenols is 1. The lowest BCUT2D eigenvalue weighted by Crippen LogP contribution is -2.36. The largest absolute Gasteiger partial charge is 0.507 e. The van der Waals surface area contributed by atoms with Crippen molar-refractivity contribution in [1.82, 2.24) is 10.6 Å². The van der Waals surface area contributed by atoms with Crippen molar-refractivity contribution in [2.45, 2.75) is 12.5 Å². The van der Waals surface area contributed by atoms with E-state index in [1.54, 1.807) is 0 Å². The average molecular weight is 255 g/mol. The van der Waals surface area contributed by atoms with Crippen LogP contribution in [0.5, 0.6) is 5.75 Å². The van der Waals surface area contributed by atoms with Gasteiger partial charge in [0.25, 0.3) is 5.91 Å². The smallest absolute Gasteiger partial charge is 0.255 e. The Kier molecular flexibility index (Phi) is 3.19. The number of rotatable bonds is 2. The molecule has 0 spiro atoms. The lowest BCUT2D eigenvalue weighted by molar-refractivity contribution is -0.119. The molecule has 17 heavy (non-hydrogen) atoms. The van der Waals surface area contributed by atoms with Gasteiger partial charge in [0, 0.05) is 18.0 Å². The molecule has 0 aromatic heterocycles. The Bertz CT molecular complexity index is 476. The Morgan fingerprint density at radius 3 is 2.88 bits per heavy atom. The molecule has 1 aromatic rings. The predicted molar refractivity (Wildman–Crippen MR) is 62.0 cm³/mol.